The molecule has 4 unspecified atom stereocenters. The molecule has 0 aliphatic carbocycles. The molecule has 0 bridgehead atoms. The van der Waals surface area contributed by atoms with Crippen LogP contribution in [0.15, 0.2) is 48.5 Å². The van der Waals surface area contributed by atoms with Crippen LogP contribution in [0.5, 0.6) is 11.5 Å². The summed E-state index contributed by atoms with van der Waals surface area (Å²) in [5, 5.41) is 9.77. The summed E-state index contributed by atoms with van der Waals surface area (Å²) in [6, 6.07) is 15.2. The van der Waals surface area contributed by atoms with Crippen molar-refractivity contribution in [3.8, 4) is 11.5 Å². The number of aliphatic carboxylic acids is 1. The quantitative estimate of drug-likeness (QED) is 0.583. The molecule has 0 spiro atoms. The Bertz CT molecular complexity index is 808. The Morgan fingerprint density at radius 2 is 1.38 bits per heavy atom. The number of benzene rings is 2. The summed E-state index contributed by atoms with van der Waals surface area (Å²) < 4.78 is 21.6. The number of ether oxygens (including phenoxy) is 4. The van der Waals surface area contributed by atoms with E-state index in [1.807, 2.05) is 48.5 Å². The predicted octanol–water partition coefficient (Wildman–Crippen LogP) is 3.60. The van der Waals surface area contributed by atoms with Gasteiger partial charge in [-0.25, -0.2) is 0 Å². The van der Waals surface area contributed by atoms with Crippen LogP contribution in [-0.2, 0) is 14.3 Å². The Morgan fingerprint density at radius 1 is 0.931 bits per heavy atom. The number of rotatable bonds is 11. The minimum atomic E-state index is -0.818. The maximum atomic E-state index is 11.9. The highest BCUT2D eigenvalue weighted by Gasteiger charge is 2.25. The summed E-state index contributed by atoms with van der Waals surface area (Å²) in [5.74, 6) is 0.238. The van der Waals surface area contributed by atoms with Gasteiger partial charge in [-0.3, -0.25) is 4.79 Å². The maximum Gasteiger partial charge on any atom is 0.310 e. The summed E-state index contributed by atoms with van der Waals surface area (Å²) in [7, 11) is 0. The lowest BCUT2D eigenvalue weighted by Gasteiger charge is -2.19. The number of hydrogen-bond acceptors (Lipinski definition) is 5. The first-order valence-electron chi connectivity index (χ1n) is 10.00. The second-order valence-corrected chi connectivity index (χ2v) is 7.70. The van der Waals surface area contributed by atoms with E-state index >= 15 is 0 Å². The number of epoxide rings is 2. The molecule has 0 amide bonds. The van der Waals surface area contributed by atoms with Crippen LogP contribution in [0.2, 0.25) is 0 Å². The van der Waals surface area contributed by atoms with E-state index in [2.05, 4.69) is 6.92 Å². The molecule has 0 saturated carbocycles. The molecule has 2 fully saturated rings. The van der Waals surface area contributed by atoms with Crippen molar-refractivity contribution < 1.29 is 28.8 Å². The van der Waals surface area contributed by atoms with E-state index in [1.54, 1.807) is 0 Å². The van der Waals surface area contributed by atoms with Gasteiger partial charge >= 0.3 is 5.97 Å². The van der Waals surface area contributed by atoms with Crippen LogP contribution in [0.3, 0.4) is 0 Å². The highest BCUT2D eigenvalue weighted by atomic mass is 16.6. The summed E-state index contributed by atoms with van der Waals surface area (Å²) in [4.78, 5) is 11.9. The third kappa shape index (κ3) is 5.71. The normalized spacial score (nSPS) is 21.8. The smallest absolute Gasteiger partial charge is 0.310 e. The monoisotopic (exact) mass is 398 g/mol. The third-order valence-electron chi connectivity index (χ3n) is 5.30. The molecule has 29 heavy (non-hydrogen) atoms. The zero-order valence-electron chi connectivity index (χ0n) is 16.5. The van der Waals surface area contributed by atoms with Crippen molar-refractivity contribution in [2.75, 3.05) is 26.4 Å². The van der Waals surface area contributed by atoms with Crippen molar-refractivity contribution in [3.05, 3.63) is 59.7 Å². The predicted molar refractivity (Wildman–Crippen MR) is 107 cm³/mol. The molecule has 0 aromatic heterocycles. The van der Waals surface area contributed by atoms with Crippen molar-refractivity contribution >= 4 is 5.97 Å². The van der Waals surface area contributed by atoms with Gasteiger partial charge in [0.1, 0.15) is 36.9 Å². The minimum Gasteiger partial charge on any atom is -0.491 e. The van der Waals surface area contributed by atoms with Crippen molar-refractivity contribution in [2.45, 2.75) is 37.4 Å². The lowest BCUT2D eigenvalue weighted by Crippen LogP contribution is -2.14. The van der Waals surface area contributed by atoms with Crippen LogP contribution in [0.1, 0.15) is 36.3 Å². The average molecular weight is 398 g/mol. The van der Waals surface area contributed by atoms with Gasteiger partial charge in [0.05, 0.1) is 19.1 Å². The molecule has 2 heterocycles. The van der Waals surface area contributed by atoms with E-state index < -0.39 is 11.9 Å². The Kier molecular flexibility index (Phi) is 6.02. The zero-order chi connectivity index (χ0) is 20.2. The molecule has 1 N–H and O–H groups in total. The molecule has 4 atom stereocenters. The van der Waals surface area contributed by atoms with Crippen molar-refractivity contribution in [1.82, 2.24) is 0 Å². The second-order valence-electron chi connectivity index (χ2n) is 7.70. The van der Waals surface area contributed by atoms with Gasteiger partial charge in [0.2, 0.25) is 0 Å². The van der Waals surface area contributed by atoms with Gasteiger partial charge in [-0.2, -0.15) is 0 Å². The van der Waals surface area contributed by atoms with Crippen molar-refractivity contribution in [1.29, 1.82) is 0 Å². The molecule has 2 aliphatic heterocycles. The van der Waals surface area contributed by atoms with E-state index in [-0.39, 0.29) is 18.1 Å². The van der Waals surface area contributed by atoms with Crippen LogP contribution in [0, 0.1) is 0 Å². The zero-order valence-corrected chi connectivity index (χ0v) is 16.5. The van der Waals surface area contributed by atoms with E-state index in [9.17, 15) is 9.90 Å². The summed E-state index contributed by atoms with van der Waals surface area (Å²) >= 11 is 0. The van der Waals surface area contributed by atoms with Crippen LogP contribution in [0.4, 0.5) is 0 Å². The highest BCUT2D eigenvalue weighted by molar-refractivity contribution is 5.76. The van der Waals surface area contributed by atoms with E-state index in [0.717, 1.165) is 35.8 Å². The Hall–Kier alpha value is -2.57. The average Bonchev–Trinajstić information content (AvgIpc) is 3.64. The number of carbonyl (C=O) groups is 1. The van der Waals surface area contributed by atoms with E-state index in [4.69, 9.17) is 18.9 Å². The first kappa shape index (κ1) is 19.7. The van der Waals surface area contributed by atoms with Crippen LogP contribution < -0.4 is 9.47 Å². The molecular weight excluding hydrogens is 372 g/mol. The largest absolute Gasteiger partial charge is 0.491 e. The van der Waals surface area contributed by atoms with Crippen molar-refractivity contribution in [2.24, 2.45) is 0 Å². The number of hydrogen-bond donors (Lipinski definition) is 1. The molecule has 0 radical (unpaired) electrons. The standard InChI is InChI=1S/C23H26O6/c1-15(16-2-6-18(7-3-16)26-11-20-13-28-20)10-22(23(24)25)17-4-8-19(9-5-17)27-12-21-14-29-21/h2-9,15,20-22H,10-14H2,1H3,(H,24,25). The maximum absolute atomic E-state index is 11.9. The van der Waals surface area contributed by atoms with Crippen LogP contribution in [0.25, 0.3) is 0 Å². The van der Waals surface area contributed by atoms with Crippen LogP contribution >= 0.6 is 0 Å². The lowest BCUT2D eigenvalue weighted by atomic mass is 9.86. The van der Waals surface area contributed by atoms with E-state index in [1.165, 1.54) is 0 Å². The van der Waals surface area contributed by atoms with Gasteiger partial charge in [-0.15, -0.1) is 0 Å². The highest BCUT2D eigenvalue weighted by Crippen LogP contribution is 2.32. The molecule has 6 nitrogen and oxygen atoms in total. The van der Waals surface area contributed by atoms with Gasteiger partial charge in [-0.05, 0) is 47.7 Å². The molecule has 154 valence electrons. The van der Waals surface area contributed by atoms with Gasteiger partial charge in [0.15, 0.2) is 0 Å². The number of carboxylic acids is 1. The molecule has 2 aromatic carbocycles. The van der Waals surface area contributed by atoms with Gasteiger partial charge < -0.3 is 24.1 Å². The van der Waals surface area contributed by atoms with Crippen molar-refractivity contribution in [3.63, 3.8) is 0 Å². The topological polar surface area (TPSA) is 80.8 Å². The molecule has 2 aliphatic rings. The summed E-state index contributed by atoms with van der Waals surface area (Å²) in [5.41, 5.74) is 1.87. The van der Waals surface area contributed by atoms with E-state index in [0.29, 0.717) is 19.6 Å². The Balaban J connectivity index is 1.35. The fraction of sp³-hybridized carbons (Fsp3) is 0.435. The summed E-state index contributed by atoms with van der Waals surface area (Å²) in [6.45, 7) is 4.68. The number of carboxylic acid groups (broad SMARTS) is 1. The summed E-state index contributed by atoms with van der Waals surface area (Å²) in [6.07, 6.45) is 0.937. The second kappa shape index (κ2) is 8.84. The first-order valence-corrected chi connectivity index (χ1v) is 10.00. The fourth-order valence-electron chi connectivity index (χ4n) is 3.26. The Morgan fingerprint density at radius 3 is 1.79 bits per heavy atom. The minimum absolute atomic E-state index is 0.0971. The molecule has 2 aromatic rings. The third-order valence-corrected chi connectivity index (χ3v) is 5.30. The van der Waals surface area contributed by atoms with Gasteiger partial charge in [0, 0.05) is 0 Å². The molecule has 2 saturated heterocycles. The fourth-order valence-corrected chi connectivity index (χ4v) is 3.26. The first-order chi connectivity index (χ1) is 14.1. The molecule has 6 heteroatoms. The van der Waals surface area contributed by atoms with Gasteiger partial charge in [0.25, 0.3) is 0 Å². The molecular formula is C23H26O6. The van der Waals surface area contributed by atoms with Crippen LogP contribution in [-0.4, -0.2) is 49.7 Å². The lowest BCUT2D eigenvalue weighted by molar-refractivity contribution is -0.139. The molecule has 4 rings (SSSR count). The Labute approximate surface area is 170 Å². The van der Waals surface area contributed by atoms with Gasteiger partial charge in [-0.1, -0.05) is 31.2 Å². The SMILES string of the molecule is CC(CC(C(=O)O)c1ccc(OCC2CO2)cc1)c1ccc(OCC2CO2)cc1.